The predicted octanol–water partition coefficient (Wildman–Crippen LogP) is 2.18. The van der Waals surface area contributed by atoms with Crippen molar-refractivity contribution >= 4 is 0 Å². The van der Waals surface area contributed by atoms with Crippen molar-refractivity contribution < 1.29 is 4.74 Å². The van der Waals surface area contributed by atoms with E-state index in [9.17, 15) is 0 Å². The van der Waals surface area contributed by atoms with Gasteiger partial charge in [0.25, 0.3) is 0 Å². The van der Waals surface area contributed by atoms with Crippen LogP contribution < -0.4 is 0 Å². The van der Waals surface area contributed by atoms with Crippen LogP contribution in [-0.4, -0.2) is 36.7 Å². The molecule has 2 fully saturated rings. The summed E-state index contributed by atoms with van der Waals surface area (Å²) in [5.74, 6) is 0. The van der Waals surface area contributed by atoms with Gasteiger partial charge in [0.05, 0.1) is 18.8 Å². The van der Waals surface area contributed by atoms with Gasteiger partial charge in [-0.05, 0) is 38.5 Å². The first-order valence-electron chi connectivity index (χ1n) is 6.38. The summed E-state index contributed by atoms with van der Waals surface area (Å²) >= 11 is 0. The van der Waals surface area contributed by atoms with Gasteiger partial charge in [-0.25, -0.2) is 0 Å². The molecule has 16 heavy (non-hydrogen) atoms. The second kappa shape index (κ2) is 4.73. The number of nitriles is 1. The fraction of sp³-hybridized carbons (Fsp3) is 0.923. The largest absolute Gasteiger partial charge is 0.377 e. The first-order chi connectivity index (χ1) is 7.65. The lowest BCUT2D eigenvalue weighted by Gasteiger charge is -2.23. The maximum Gasteiger partial charge on any atom is 0.0635 e. The molecule has 0 aromatic heterocycles. The van der Waals surface area contributed by atoms with Crippen LogP contribution in [0.1, 0.15) is 39.5 Å². The Morgan fingerprint density at radius 1 is 1.50 bits per heavy atom. The molecule has 1 unspecified atom stereocenters. The van der Waals surface area contributed by atoms with Gasteiger partial charge in [-0.1, -0.05) is 0 Å². The molecule has 0 amide bonds. The molecule has 2 rings (SSSR count). The third-order valence-electron chi connectivity index (χ3n) is 3.81. The Bertz CT molecular complexity index is 278. The van der Waals surface area contributed by atoms with Crippen LogP contribution in [0.25, 0.3) is 0 Å². The van der Waals surface area contributed by atoms with Crippen LogP contribution in [0.3, 0.4) is 0 Å². The Morgan fingerprint density at radius 3 is 2.81 bits per heavy atom. The van der Waals surface area contributed by atoms with Crippen molar-refractivity contribution in [1.82, 2.24) is 4.90 Å². The second-order valence-corrected chi connectivity index (χ2v) is 5.62. The van der Waals surface area contributed by atoms with E-state index < -0.39 is 0 Å². The van der Waals surface area contributed by atoms with Crippen LogP contribution in [0.4, 0.5) is 0 Å². The number of rotatable bonds is 5. The number of ether oxygens (including phenoxy) is 1. The lowest BCUT2D eigenvalue weighted by Crippen LogP contribution is -2.34. The predicted molar refractivity (Wildman–Crippen MR) is 63.0 cm³/mol. The van der Waals surface area contributed by atoms with E-state index in [0.29, 0.717) is 24.0 Å². The van der Waals surface area contributed by atoms with Gasteiger partial charge < -0.3 is 4.74 Å². The van der Waals surface area contributed by atoms with Crippen molar-refractivity contribution in [3.8, 4) is 6.07 Å². The molecular formula is C13H22N2O. The quantitative estimate of drug-likeness (QED) is 0.715. The van der Waals surface area contributed by atoms with Crippen molar-refractivity contribution in [2.45, 2.75) is 51.7 Å². The summed E-state index contributed by atoms with van der Waals surface area (Å²) in [6.07, 6.45) is 5.01. The van der Waals surface area contributed by atoms with Gasteiger partial charge >= 0.3 is 0 Å². The summed E-state index contributed by atoms with van der Waals surface area (Å²) in [7, 11) is 0. The first-order valence-corrected chi connectivity index (χ1v) is 6.38. The van der Waals surface area contributed by atoms with Gasteiger partial charge in [0.2, 0.25) is 0 Å². The monoisotopic (exact) mass is 222 g/mol. The molecule has 1 atom stereocenters. The summed E-state index contributed by atoms with van der Waals surface area (Å²) in [6.45, 7) is 7.12. The van der Waals surface area contributed by atoms with Crippen molar-refractivity contribution in [3.05, 3.63) is 0 Å². The molecule has 2 aliphatic rings. The summed E-state index contributed by atoms with van der Waals surface area (Å²) in [4.78, 5) is 2.47. The van der Waals surface area contributed by atoms with E-state index in [4.69, 9.17) is 10.00 Å². The second-order valence-electron chi connectivity index (χ2n) is 5.62. The number of likely N-dealkylation sites (tertiary alicyclic amines) is 1. The molecule has 0 radical (unpaired) electrons. The zero-order valence-electron chi connectivity index (χ0n) is 10.4. The van der Waals surface area contributed by atoms with E-state index in [1.54, 1.807) is 0 Å². The Balaban J connectivity index is 1.85. The zero-order valence-corrected chi connectivity index (χ0v) is 10.4. The topological polar surface area (TPSA) is 36.3 Å². The molecule has 0 bridgehead atoms. The molecule has 3 heteroatoms. The number of nitrogens with zero attached hydrogens (tertiary/aromatic N) is 2. The highest BCUT2D eigenvalue weighted by molar-refractivity contribution is 5.04. The fourth-order valence-corrected chi connectivity index (χ4v) is 2.72. The van der Waals surface area contributed by atoms with E-state index in [1.165, 1.54) is 25.8 Å². The maximum atomic E-state index is 8.67. The van der Waals surface area contributed by atoms with E-state index in [0.717, 1.165) is 13.2 Å². The van der Waals surface area contributed by atoms with E-state index in [2.05, 4.69) is 24.8 Å². The minimum absolute atomic E-state index is 0.313. The van der Waals surface area contributed by atoms with Crippen LogP contribution in [0.5, 0.6) is 0 Å². The van der Waals surface area contributed by atoms with Crippen molar-refractivity contribution in [1.29, 1.82) is 5.26 Å². The third kappa shape index (κ3) is 2.75. The minimum Gasteiger partial charge on any atom is -0.377 e. The summed E-state index contributed by atoms with van der Waals surface area (Å²) in [6, 6.07) is 2.80. The highest BCUT2D eigenvalue weighted by Crippen LogP contribution is 2.54. The summed E-state index contributed by atoms with van der Waals surface area (Å²) < 4.78 is 5.73. The lowest BCUT2D eigenvalue weighted by atomic mass is 10.0. The van der Waals surface area contributed by atoms with Crippen LogP contribution in [-0.2, 0) is 4.74 Å². The summed E-state index contributed by atoms with van der Waals surface area (Å²) in [5.41, 5.74) is 0.612. The molecule has 1 aliphatic heterocycles. The van der Waals surface area contributed by atoms with Crippen LogP contribution >= 0.6 is 0 Å². The molecule has 3 nitrogen and oxygen atoms in total. The Labute approximate surface area is 98.4 Å². The average molecular weight is 222 g/mol. The Hall–Kier alpha value is -0.590. The Morgan fingerprint density at radius 2 is 2.25 bits per heavy atom. The highest BCUT2D eigenvalue weighted by Gasteiger charge is 2.51. The van der Waals surface area contributed by atoms with E-state index in [-0.39, 0.29) is 0 Å². The maximum absolute atomic E-state index is 8.67. The van der Waals surface area contributed by atoms with Crippen molar-refractivity contribution in [3.63, 3.8) is 0 Å². The normalized spacial score (nSPS) is 27.5. The first kappa shape index (κ1) is 11.9. The SMILES string of the molecule is CC(C)OCC1CC2(CC2)CN1CCC#N. The van der Waals surface area contributed by atoms with Gasteiger partial charge in [0.1, 0.15) is 0 Å². The smallest absolute Gasteiger partial charge is 0.0635 e. The van der Waals surface area contributed by atoms with Crippen LogP contribution in [0.15, 0.2) is 0 Å². The van der Waals surface area contributed by atoms with Crippen molar-refractivity contribution in [2.24, 2.45) is 5.41 Å². The molecule has 90 valence electrons. The fourth-order valence-electron chi connectivity index (χ4n) is 2.72. The minimum atomic E-state index is 0.313. The molecule has 1 saturated heterocycles. The average Bonchev–Trinajstić information content (AvgIpc) is 2.88. The van der Waals surface area contributed by atoms with Crippen molar-refractivity contribution in [2.75, 3.05) is 19.7 Å². The lowest BCUT2D eigenvalue weighted by molar-refractivity contribution is 0.0378. The van der Waals surface area contributed by atoms with E-state index in [1.807, 2.05) is 0 Å². The van der Waals surface area contributed by atoms with Gasteiger partial charge in [-0.2, -0.15) is 5.26 Å². The Kier molecular flexibility index (Phi) is 3.51. The molecule has 1 spiro atoms. The van der Waals surface area contributed by atoms with Gasteiger partial charge in [0, 0.05) is 25.6 Å². The number of hydrogen-bond acceptors (Lipinski definition) is 3. The zero-order chi connectivity index (χ0) is 11.6. The molecular weight excluding hydrogens is 200 g/mol. The van der Waals surface area contributed by atoms with Gasteiger partial charge in [0.15, 0.2) is 0 Å². The molecule has 1 saturated carbocycles. The highest BCUT2D eigenvalue weighted by atomic mass is 16.5. The standard InChI is InChI=1S/C13H22N2O/c1-11(2)16-9-12-8-13(4-5-13)10-15(12)7-3-6-14/h11-12H,3-5,7-10H2,1-2H3. The van der Waals surface area contributed by atoms with Gasteiger partial charge in [-0.3, -0.25) is 4.90 Å². The molecule has 0 aromatic rings. The molecule has 0 N–H and O–H groups in total. The van der Waals surface area contributed by atoms with Crippen LogP contribution in [0, 0.1) is 16.7 Å². The third-order valence-corrected chi connectivity index (χ3v) is 3.81. The number of hydrogen-bond donors (Lipinski definition) is 0. The molecule has 1 aliphatic carbocycles. The van der Waals surface area contributed by atoms with Gasteiger partial charge in [-0.15, -0.1) is 0 Å². The van der Waals surface area contributed by atoms with E-state index >= 15 is 0 Å². The summed E-state index contributed by atoms with van der Waals surface area (Å²) in [5, 5.41) is 8.67. The molecule has 1 heterocycles. The van der Waals surface area contributed by atoms with Crippen LogP contribution in [0.2, 0.25) is 0 Å². The molecule has 0 aromatic carbocycles.